The Bertz CT molecular complexity index is 1010. The van der Waals surface area contributed by atoms with Crippen molar-refractivity contribution in [3.8, 4) is 16.9 Å². The molecule has 0 amide bonds. The van der Waals surface area contributed by atoms with Gasteiger partial charge < -0.3 is 19.9 Å². The van der Waals surface area contributed by atoms with Crippen LogP contribution >= 0.6 is 0 Å². The molecule has 4 rings (SSSR count). The van der Waals surface area contributed by atoms with Crippen LogP contribution in [0.5, 0.6) is 5.75 Å². The van der Waals surface area contributed by atoms with Gasteiger partial charge in [0, 0.05) is 17.7 Å². The zero-order valence-corrected chi connectivity index (χ0v) is 16.9. The summed E-state index contributed by atoms with van der Waals surface area (Å²) >= 11 is 0. The fourth-order valence-corrected chi connectivity index (χ4v) is 4.08. The third kappa shape index (κ3) is 3.46. The standard InChI is InChI=1S/C23H25N3O3/c1-15-9-19(7-8-21(15)28-3)23(14-29-22(24)26-23)18-6-4-5-16(10-18)17-11-20(27-2)13-25-12-17/h4-6,8-13,19H,7,14H2,1-3H3,(H2,24,26). The normalized spacial score (nSPS) is 23.6. The van der Waals surface area contributed by atoms with E-state index >= 15 is 0 Å². The highest BCUT2D eigenvalue weighted by molar-refractivity contribution is 5.75. The second-order valence-electron chi connectivity index (χ2n) is 7.32. The Morgan fingerprint density at radius 2 is 2.00 bits per heavy atom. The van der Waals surface area contributed by atoms with Gasteiger partial charge in [-0.1, -0.05) is 24.3 Å². The quantitative estimate of drug-likeness (QED) is 0.839. The maximum atomic E-state index is 5.97. The van der Waals surface area contributed by atoms with Crippen molar-refractivity contribution >= 4 is 6.02 Å². The average molecular weight is 391 g/mol. The smallest absolute Gasteiger partial charge is 0.283 e. The van der Waals surface area contributed by atoms with E-state index in [2.05, 4.69) is 42.3 Å². The summed E-state index contributed by atoms with van der Waals surface area (Å²) in [7, 11) is 3.33. The molecule has 1 aromatic carbocycles. The number of benzene rings is 1. The monoisotopic (exact) mass is 391 g/mol. The fraction of sp³-hybridized carbons (Fsp3) is 0.304. The molecule has 0 radical (unpaired) electrons. The zero-order chi connectivity index (χ0) is 20.4. The lowest BCUT2D eigenvalue weighted by Gasteiger charge is -2.34. The van der Waals surface area contributed by atoms with E-state index in [1.807, 2.05) is 18.3 Å². The van der Waals surface area contributed by atoms with Gasteiger partial charge in [-0.05, 0) is 48.3 Å². The third-order valence-corrected chi connectivity index (χ3v) is 5.62. The molecule has 2 heterocycles. The van der Waals surface area contributed by atoms with Gasteiger partial charge in [-0.2, -0.15) is 0 Å². The molecule has 2 N–H and O–H groups in total. The molecule has 0 saturated carbocycles. The summed E-state index contributed by atoms with van der Waals surface area (Å²) in [5.74, 6) is 1.74. The van der Waals surface area contributed by atoms with Crippen LogP contribution in [0.15, 0.2) is 71.2 Å². The lowest BCUT2D eigenvalue weighted by molar-refractivity contribution is 0.208. The van der Waals surface area contributed by atoms with E-state index in [1.165, 1.54) is 0 Å². The first-order valence-corrected chi connectivity index (χ1v) is 9.57. The summed E-state index contributed by atoms with van der Waals surface area (Å²) in [5.41, 5.74) is 9.56. The lowest BCUT2D eigenvalue weighted by atomic mass is 9.74. The number of hydrogen-bond acceptors (Lipinski definition) is 6. The molecule has 6 nitrogen and oxygen atoms in total. The number of hydrogen-bond donors (Lipinski definition) is 1. The summed E-state index contributed by atoms with van der Waals surface area (Å²) in [6.45, 7) is 2.46. The van der Waals surface area contributed by atoms with E-state index < -0.39 is 5.54 Å². The maximum absolute atomic E-state index is 5.97. The predicted octanol–water partition coefficient (Wildman–Crippen LogP) is 3.79. The molecule has 0 bridgehead atoms. The van der Waals surface area contributed by atoms with Crippen molar-refractivity contribution in [2.24, 2.45) is 16.6 Å². The molecule has 1 aliphatic heterocycles. The SMILES string of the molecule is COC1=CCC(C2(c3cccc(-c4cncc(OC)c4)c3)COC(N)=N2)C=C1C. The second-order valence-corrected chi connectivity index (χ2v) is 7.32. The number of nitrogens with zero attached hydrogens (tertiary/aromatic N) is 2. The van der Waals surface area contributed by atoms with E-state index in [9.17, 15) is 0 Å². The summed E-state index contributed by atoms with van der Waals surface area (Å²) in [4.78, 5) is 9.06. The first-order valence-electron chi connectivity index (χ1n) is 9.57. The van der Waals surface area contributed by atoms with Crippen LogP contribution < -0.4 is 10.5 Å². The Hall–Kier alpha value is -3.28. The number of nitrogens with two attached hydrogens (primary N) is 1. The van der Waals surface area contributed by atoms with Gasteiger partial charge in [0.15, 0.2) is 0 Å². The van der Waals surface area contributed by atoms with Crippen molar-refractivity contribution < 1.29 is 14.2 Å². The topological polar surface area (TPSA) is 79.0 Å². The molecule has 1 aliphatic carbocycles. The first kappa shape index (κ1) is 19.1. The van der Waals surface area contributed by atoms with Crippen molar-refractivity contribution in [2.45, 2.75) is 18.9 Å². The van der Waals surface area contributed by atoms with Crippen LogP contribution in [-0.4, -0.2) is 31.8 Å². The number of allylic oxidation sites excluding steroid dienone is 2. The number of rotatable bonds is 5. The van der Waals surface area contributed by atoms with Gasteiger partial charge in [0.25, 0.3) is 6.02 Å². The van der Waals surface area contributed by atoms with Crippen LogP contribution in [0.2, 0.25) is 0 Å². The minimum absolute atomic E-state index is 0.112. The minimum atomic E-state index is -0.580. The van der Waals surface area contributed by atoms with E-state index in [1.54, 1.807) is 20.4 Å². The molecule has 2 aromatic rings. The van der Waals surface area contributed by atoms with Crippen molar-refractivity contribution in [1.29, 1.82) is 0 Å². The molecule has 150 valence electrons. The highest BCUT2D eigenvalue weighted by atomic mass is 16.5. The average Bonchev–Trinajstić information content (AvgIpc) is 3.17. The highest BCUT2D eigenvalue weighted by Gasteiger charge is 2.45. The van der Waals surface area contributed by atoms with E-state index in [-0.39, 0.29) is 11.9 Å². The summed E-state index contributed by atoms with van der Waals surface area (Å²) in [6.07, 6.45) is 8.65. The second kappa shape index (κ2) is 7.62. The van der Waals surface area contributed by atoms with Crippen molar-refractivity contribution in [2.75, 3.05) is 20.8 Å². The Balaban J connectivity index is 1.77. The van der Waals surface area contributed by atoms with Crippen LogP contribution in [0.4, 0.5) is 0 Å². The van der Waals surface area contributed by atoms with E-state index in [4.69, 9.17) is 24.9 Å². The van der Waals surface area contributed by atoms with Crippen molar-refractivity contribution in [1.82, 2.24) is 4.98 Å². The predicted molar refractivity (Wildman–Crippen MR) is 112 cm³/mol. The Morgan fingerprint density at radius 1 is 1.14 bits per heavy atom. The van der Waals surface area contributed by atoms with Crippen LogP contribution in [0.1, 0.15) is 18.9 Å². The molecule has 2 atom stereocenters. The lowest BCUT2D eigenvalue weighted by Crippen LogP contribution is -2.35. The molecule has 0 spiro atoms. The van der Waals surface area contributed by atoms with Crippen LogP contribution in [0, 0.1) is 5.92 Å². The van der Waals surface area contributed by atoms with E-state index in [0.29, 0.717) is 6.61 Å². The van der Waals surface area contributed by atoms with Gasteiger partial charge >= 0.3 is 0 Å². The van der Waals surface area contributed by atoms with Gasteiger partial charge in [0.1, 0.15) is 23.7 Å². The van der Waals surface area contributed by atoms with E-state index in [0.717, 1.165) is 40.2 Å². The molecule has 29 heavy (non-hydrogen) atoms. The van der Waals surface area contributed by atoms with Gasteiger partial charge in [-0.3, -0.25) is 4.98 Å². The molecule has 6 heteroatoms. The van der Waals surface area contributed by atoms with Gasteiger partial charge in [0.05, 0.1) is 20.4 Å². The molecular formula is C23H25N3O3. The largest absolute Gasteiger partial charge is 0.497 e. The van der Waals surface area contributed by atoms with Crippen molar-refractivity contribution in [3.63, 3.8) is 0 Å². The Labute approximate surface area is 170 Å². The number of amidine groups is 1. The number of pyridine rings is 1. The maximum Gasteiger partial charge on any atom is 0.283 e. The van der Waals surface area contributed by atoms with Crippen LogP contribution in [0.25, 0.3) is 11.1 Å². The molecule has 0 fully saturated rings. The number of aromatic nitrogens is 1. The van der Waals surface area contributed by atoms with Crippen LogP contribution in [-0.2, 0) is 15.0 Å². The van der Waals surface area contributed by atoms with Crippen LogP contribution in [0.3, 0.4) is 0 Å². The van der Waals surface area contributed by atoms with Gasteiger partial charge in [0.2, 0.25) is 0 Å². The highest BCUT2D eigenvalue weighted by Crippen LogP contribution is 2.44. The van der Waals surface area contributed by atoms with Crippen molar-refractivity contribution in [3.05, 3.63) is 71.8 Å². The van der Waals surface area contributed by atoms with Gasteiger partial charge in [-0.25, -0.2) is 4.99 Å². The fourth-order valence-electron chi connectivity index (χ4n) is 4.08. The molecule has 2 unspecified atom stereocenters. The zero-order valence-electron chi connectivity index (χ0n) is 16.9. The third-order valence-electron chi connectivity index (χ3n) is 5.62. The molecule has 2 aliphatic rings. The number of aliphatic imine (C=N–C) groups is 1. The molecular weight excluding hydrogens is 366 g/mol. The number of ether oxygens (including phenoxy) is 3. The van der Waals surface area contributed by atoms with Gasteiger partial charge in [-0.15, -0.1) is 0 Å². The summed E-state index contributed by atoms with van der Waals surface area (Å²) < 4.78 is 16.4. The number of methoxy groups -OCH3 is 2. The molecule has 0 saturated heterocycles. The minimum Gasteiger partial charge on any atom is -0.497 e. The molecule has 1 aromatic heterocycles. The summed E-state index contributed by atoms with van der Waals surface area (Å²) in [6, 6.07) is 10.5. The Kier molecular flexibility index (Phi) is 5.01. The first-order chi connectivity index (χ1) is 14.1. The summed E-state index contributed by atoms with van der Waals surface area (Å²) in [5, 5.41) is 0. The Morgan fingerprint density at radius 3 is 2.69 bits per heavy atom.